The highest BCUT2D eigenvalue weighted by Crippen LogP contribution is 2.36. The van der Waals surface area contributed by atoms with Gasteiger partial charge in [0.05, 0.1) is 11.9 Å². The number of nitrogens with one attached hydrogen (secondary N) is 1. The maximum absolute atomic E-state index is 13.6. The number of hydrogen-bond acceptors (Lipinski definition) is 6. The van der Waals surface area contributed by atoms with E-state index >= 15 is 0 Å². The lowest BCUT2D eigenvalue weighted by molar-refractivity contribution is -0.140. The topological polar surface area (TPSA) is 105 Å². The number of benzene rings is 2. The molecule has 0 saturated carbocycles. The highest BCUT2D eigenvalue weighted by Gasteiger charge is 2.32. The fourth-order valence-electron chi connectivity index (χ4n) is 3.73. The molecule has 0 spiro atoms. The van der Waals surface area contributed by atoms with Gasteiger partial charge in [-0.3, -0.25) is 13.9 Å². The number of carbonyl (C=O) groups excluding carboxylic acids is 2. The van der Waals surface area contributed by atoms with Gasteiger partial charge in [0.2, 0.25) is 28.6 Å². The second kappa shape index (κ2) is 11.4. The van der Waals surface area contributed by atoms with Crippen LogP contribution in [0.15, 0.2) is 42.5 Å². The standard InChI is InChI=1S/C24H30FN3O6S/c1-4-12-26-24(30)20(5-2)27(14-17-6-8-18(25)9-7-17)23(29)15-28(35(3,31)32)19-10-11-21-22(13-19)34-16-33-21/h6-11,13,20H,4-5,12,14-16H2,1-3H3,(H,26,30)/t20-/m1/s1. The lowest BCUT2D eigenvalue weighted by Gasteiger charge is -2.32. The Kier molecular flexibility index (Phi) is 8.55. The number of ether oxygens (including phenoxy) is 2. The van der Waals surface area contributed by atoms with Gasteiger partial charge in [-0.25, -0.2) is 12.8 Å². The lowest BCUT2D eigenvalue weighted by Crippen LogP contribution is -2.52. The summed E-state index contributed by atoms with van der Waals surface area (Å²) in [7, 11) is -3.87. The first-order valence-corrected chi connectivity index (χ1v) is 13.2. The molecule has 35 heavy (non-hydrogen) atoms. The van der Waals surface area contributed by atoms with Gasteiger partial charge in [-0.15, -0.1) is 0 Å². The Morgan fingerprint density at radius 2 is 1.77 bits per heavy atom. The summed E-state index contributed by atoms with van der Waals surface area (Å²) in [6.45, 7) is 3.63. The second-order valence-electron chi connectivity index (χ2n) is 8.17. The minimum absolute atomic E-state index is 0.00983. The summed E-state index contributed by atoms with van der Waals surface area (Å²) >= 11 is 0. The first kappa shape index (κ1) is 26.3. The van der Waals surface area contributed by atoms with Crippen LogP contribution in [0.25, 0.3) is 0 Å². The summed E-state index contributed by atoms with van der Waals surface area (Å²) in [6, 6.07) is 9.35. The molecule has 2 aromatic rings. The van der Waals surface area contributed by atoms with Crippen molar-refractivity contribution in [2.24, 2.45) is 0 Å². The Hall–Kier alpha value is -3.34. The summed E-state index contributed by atoms with van der Waals surface area (Å²) in [5.74, 6) is -0.484. The molecular weight excluding hydrogens is 477 g/mol. The zero-order valence-corrected chi connectivity index (χ0v) is 20.8. The van der Waals surface area contributed by atoms with Crippen molar-refractivity contribution in [2.45, 2.75) is 39.3 Å². The average molecular weight is 508 g/mol. The van der Waals surface area contributed by atoms with Crippen LogP contribution in [0, 0.1) is 5.82 Å². The Balaban J connectivity index is 1.93. The molecule has 2 aromatic carbocycles. The van der Waals surface area contributed by atoms with Crippen molar-refractivity contribution in [1.29, 1.82) is 0 Å². The quantitative estimate of drug-likeness (QED) is 0.501. The summed E-state index contributed by atoms with van der Waals surface area (Å²) in [5.41, 5.74) is 0.839. The minimum atomic E-state index is -3.87. The first-order chi connectivity index (χ1) is 16.6. The molecular formula is C24H30FN3O6S. The third-order valence-electron chi connectivity index (χ3n) is 5.52. The minimum Gasteiger partial charge on any atom is -0.454 e. The molecule has 1 N–H and O–H groups in total. The summed E-state index contributed by atoms with van der Waals surface area (Å²) in [5, 5.41) is 2.80. The van der Waals surface area contributed by atoms with Crippen LogP contribution in [-0.2, 0) is 26.2 Å². The molecule has 0 aromatic heterocycles. The third-order valence-corrected chi connectivity index (χ3v) is 6.67. The molecule has 0 radical (unpaired) electrons. The van der Waals surface area contributed by atoms with Crippen LogP contribution in [0.1, 0.15) is 32.3 Å². The number of amides is 2. The summed E-state index contributed by atoms with van der Waals surface area (Å²) < 4.78 is 50.3. The smallest absolute Gasteiger partial charge is 0.244 e. The summed E-state index contributed by atoms with van der Waals surface area (Å²) in [6.07, 6.45) is 2.03. The maximum atomic E-state index is 13.6. The van der Waals surface area contributed by atoms with Gasteiger partial charge in [0.1, 0.15) is 18.4 Å². The van der Waals surface area contributed by atoms with E-state index in [0.717, 1.165) is 17.0 Å². The maximum Gasteiger partial charge on any atom is 0.244 e. The number of fused-ring (bicyclic) bond motifs is 1. The summed E-state index contributed by atoms with van der Waals surface area (Å²) in [4.78, 5) is 27.8. The van der Waals surface area contributed by atoms with Gasteiger partial charge < -0.3 is 19.7 Å². The van der Waals surface area contributed by atoms with E-state index in [-0.39, 0.29) is 24.9 Å². The monoisotopic (exact) mass is 507 g/mol. The van der Waals surface area contributed by atoms with E-state index in [1.807, 2.05) is 6.92 Å². The SMILES string of the molecule is CCCNC(=O)[C@@H](CC)N(Cc1ccc(F)cc1)C(=O)CN(c1ccc2c(c1)OCO2)S(C)(=O)=O. The second-order valence-corrected chi connectivity index (χ2v) is 10.1. The number of nitrogens with zero attached hydrogens (tertiary/aromatic N) is 2. The molecule has 9 nitrogen and oxygen atoms in total. The van der Waals surface area contributed by atoms with Gasteiger partial charge in [0.25, 0.3) is 0 Å². The molecule has 0 bridgehead atoms. The Morgan fingerprint density at radius 1 is 1.09 bits per heavy atom. The number of halogens is 1. The predicted octanol–water partition coefficient (Wildman–Crippen LogP) is 2.65. The van der Waals surface area contributed by atoms with Crippen molar-refractivity contribution in [3.8, 4) is 11.5 Å². The Morgan fingerprint density at radius 3 is 2.40 bits per heavy atom. The van der Waals surface area contributed by atoms with Crippen LogP contribution < -0.4 is 19.1 Å². The van der Waals surface area contributed by atoms with E-state index in [9.17, 15) is 22.4 Å². The molecule has 190 valence electrons. The highest BCUT2D eigenvalue weighted by atomic mass is 32.2. The van der Waals surface area contributed by atoms with E-state index in [1.165, 1.54) is 41.3 Å². The Bertz CT molecular complexity index is 1160. The molecule has 0 aliphatic carbocycles. The third kappa shape index (κ3) is 6.62. The van der Waals surface area contributed by atoms with Crippen LogP contribution in [0.3, 0.4) is 0 Å². The average Bonchev–Trinajstić information content (AvgIpc) is 3.29. The van der Waals surface area contributed by atoms with E-state index in [0.29, 0.717) is 30.0 Å². The van der Waals surface area contributed by atoms with Crippen molar-refractivity contribution in [2.75, 3.05) is 30.4 Å². The number of anilines is 1. The molecule has 1 aliphatic rings. The van der Waals surface area contributed by atoms with Crippen molar-refractivity contribution >= 4 is 27.5 Å². The fraction of sp³-hybridized carbons (Fsp3) is 0.417. The van der Waals surface area contributed by atoms with Crippen molar-refractivity contribution in [1.82, 2.24) is 10.2 Å². The van der Waals surface area contributed by atoms with Crippen molar-refractivity contribution in [3.63, 3.8) is 0 Å². The Labute approximate surface area is 204 Å². The number of hydrogen-bond donors (Lipinski definition) is 1. The largest absolute Gasteiger partial charge is 0.454 e. The fourth-order valence-corrected chi connectivity index (χ4v) is 4.57. The number of sulfonamides is 1. The van der Waals surface area contributed by atoms with Crippen LogP contribution in [-0.4, -0.2) is 57.3 Å². The van der Waals surface area contributed by atoms with Crippen molar-refractivity contribution in [3.05, 3.63) is 53.8 Å². The van der Waals surface area contributed by atoms with Gasteiger partial charge in [0, 0.05) is 19.2 Å². The molecule has 0 saturated heterocycles. The molecule has 1 heterocycles. The van der Waals surface area contributed by atoms with Crippen LogP contribution in [0.4, 0.5) is 10.1 Å². The first-order valence-electron chi connectivity index (χ1n) is 11.3. The van der Waals surface area contributed by atoms with E-state index in [4.69, 9.17) is 9.47 Å². The van der Waals surface area contributed by atoms with Crippen LogP contribution in [0.2, 0.25) is 0 Å². The highest BCUT2D eigenvalue weighted by molar-refractivity contribution is 7.92. The van der Waals surface area contributed by atoms with Crippen LogP contribution >= 0.6 is 0 Å². The number of rotatable bonds is 11. The van der Waals surface area contributed by atoms with Gasteiger partial charge in [0.15, 0.2) is 11.5 Å². The molecule has 1 atom stereocenters. The van der Waals surface area contributed by atoms with E-state index in [1.54, 1.807) is 13.0 Å². The normalized spacial score (nSPS) is 13.3. The lowest BCUT2D eigenvalue weighted by atomic mass is 10.1. The molecule has 2 amide bonds. The van der Waals surface area contributed by atoms with Crippen molar-refractivity contribution < 1.29 is 31.9 Å². The molecule has 0 fully saturated rings. The zero-order valence-electron chi connectivity index (χ0n) is 20.0. The van der Waals surface area contributed by atoms with Gasteiger partial charge >= 0.3 is 0 Å². The zero-order chi connectivity index (χ0) is 25.6. The van der Waals surface area contributed by atoms with E-state index in [2.05, 4.69) is 5.32 Å². The number of carbonyl (C=O) groups is 2. The van der Waals surface area contributed by atoms with Gasteiger partial charge in [-0.1, -0.05) is 26.0 Å². The molecule has 0 unspecified atom stereocenters. The van der Waals surface area contributed by atoms with Gasteiger partial charge in [-0.05, 0) is 42.7 Å². The molecule has 3 rings (SSSR count). The van der Waals surface area contributed by atoms with Crippen LogP contribution in [0.5, 0.6) is 11.5 Å². The molecule has 1 aliphatic heterocycles. The van der Waals surface area contributed by atoms with E-state index < -0.39 is 34.3 Å². The predicted molar refractivity (Wildman–Crippen MR) is 129 cm³/mol. The molecule has 11 heteroatoms. The van der Waals surface area contributed by atoms with Gasteiger partial charge in [-0.2, -0.15) is 0 Å².